The zero-order chi connectivity index (χ0) is 19.4. The van der Waals surface area contributed by atoms with Crippen molar-refractivity contribution in [2.45, 2.75) is 31.3 Å². The smallest absolute Gasteiger partial charge is 0.410 e. The molecule has 142 valence electrons. The second-order valence-corrected chi connectivity index (χ2v) is 6.98. The van der Waals surface area contributed by atoms with Crippen molar-refractivity contribution in [1.29, 1.82) is 5.26 Å². The lowest BCUT2D eigenvalue weighted by atomic mass is 9.86. The predicted molar refractivity (Wildman–Crippen MR) is 93.7 cm³/mol. The summed E-state index contributed by atoms with van der Waals surface area (Å²) in [5.74, 6) is -1.06. The van der Waals surface area contributed by atoms with Crippen LogP contribution in [0.3, 0.4) is 0 Å². The Bertz CT molecular complexity index is 776. The summed E-state index contributed by atoms with van der Waals surface area (Å²) in [6, 6.07) is 8.99. The summed E-state index contributed by atoms with van der Waals surface area (Å²) >= 11 is 0. The van der Waals surface area contributed by atoms with Gasteiger partial charge in [-0.25, -0.2) is 4.79 Å². The summed E-state index contributed by atoms with van der Waals surface area (Å²) in [6.45, 7) is 0.997. The molecule has 3 rings (SSSR count). The number of piperidine rings is 1. The van der Waals surface area contributed by atoms with E-state index in [-0.39, 0.29) is 18.9 Å². The van der Waals surface area contributed by atoms with Crippen molar-refractivity contribution >= 4 is 18.0 Å². The van der Waals surface area contributed by atoms with Gasteiger partial charge in [0.05, 0.1) is 18.1 Å². The van der Waals surface area contributed by atoms with Gasteiger partial charge in [0.15, 0.2) is 0 Å². The molecule has 8 heteroatoms. The fourth-order valence-electron chi connectivity index (χ4n) is 3.54. The number of carbonyl (C=O) groups excluding carboxylic acids is 2. The Morgan fingerprint density at radius 2 is 1.78 bits per heavy atom. The second-order valence-electron chi connectivity index (χ2n) is 6.98. The molecule has 0 aliphatic carbocycles. The normalized spacial score (nSPS) is 18.7. The first-order chi connectivity index (χ1) is 12.9. The third-order valence-electron chi connectivity index (χ3n) is 5.19. The highest BCUT2D eigenvalue weighted by Gasteiger charge is 2.43. The van der Waals surface area contributed by atoms with Gasteiger partial charge in [0, 0.05) is 38.9 Å². The molecule has 1 N–H and O–H groups in total. The van der Waals surface area contributed by atoms with E-state index >= 15 is 0 Å². The number of amides is 2. The molecular formula is C19H21N3O5. The maximum absolute atomic E-state index is 12.5. The quantitative estimate of drug-likeness (QED) is 0.856. The van der Waals surface area contributed by atoms with E-state index in [2.05, 4.69) is 0 Å². The van der Waals surface area contributed by atoms with Crippen LogP contribution in [0.2, 0.25) is 0 Å². The number of hydrogen-bond acceptors (Lipinski definition) is 5. The van der Waals surface area contributed by atoms with Crippen molar-refractivity contribution < 1.29 is 24.2 Å². The first-order valence-electron chi connectivity index (χ1n) is 8.87. The largest absolute Gasteiger partial charge is 0.480 e. The van der Waals surface area contributed by atoms with Crippen molar-refractivity contribution in [3.8, 4) is 6.07 Å². The SMILES string of the molecule is N#Cc1ccc(CC(=O)N2CCC3(CC2)CCN(CC(=O)O)C(=O)O3)cc1. The predicted octanol–water partition coefficient (Wildman–Crippen LogP) is 1.39. The van der Waals surface area contributed by atoms with Crippen LogP contribution >= 0.6 is 0 Å². The molecule has 2 heterocycles. The van der Waals surface area contributed by atoms with Gasteiger partial charge in [-0.2, -0.15) is 5.26 Å². The van der Waals surface area contributed by atoms with Crippen LogP contribution in [0.5, 0.6) is 0 Å². The van der Waals surface area contributed by atoms with Crippen molar-refractivity contribution in [2.24, 2.45) is 0 Å². The van der Waals surface area contributed by atoms with Crippen LogP contribution in [-0.2, 0) is 20.7 Å². The van der Waals surface area contributed by atoms with Crippen LogP contribution in [0.25, 0.3) is 0 Å². The molecule has 2 amide bonds. The number of aliphatic carboxylic acids is 1. The van der Waals surface area contributed by atoms with Crippen molar-refractivity contribution in [3.05, 3.63) is 35.4 Å². The zero-order valence-corrected chi connectivity index (χ0v) is 14.9. The Morgan fingerprint density at radius 1 is 1.15 bits per heavy atom. The summed E-state index contributed by atoms with van der Waals surface area (Å²) < 4.78 is 5.56. The third kappa shape index (κ3) is 4.37. The van der Waals surface area contributed by atoms with E-state index < -0.39 is 17.7 Å². The minimum atomic E-state index is -1.06. The minimum absolute atomic E-state index is 0.00389. The summed E-state index contributed by atoms with van der Waals surface area (Å²) in [5.41, 5.74) is 0.812. The summed E-state index contributed by atoms with van der Waals surface area (Å²) in [5, 5.41) is 17.6. The number of nitrogens with zero attached hydrogens (tertiary/aromatic N) is 3. The number of likely N-dealkylation sites (tertiary alicyclic amines) is 1. The van der Waals surface area contributed by atoms with Crippen molar-refractivity contribution in [2.75, 3.05) is 26.2 Å². The molecule has 0 radical (unpaired) electrons. The standard InChI is InChI=1S/C19H21N3O5/c20-12-15-3-1-14(2-4-15)11-16(23)21-8-5-19(6-9-21)7-10-22(13-17(24)25)18(26)27-19/h1-4H,5-11,13H2,(H,24,25). The van der Waals surface area contributed by atoms with Crippen LogP contribution in [0.1, 0.15) is 30.4 Å². The summed E-state index contributed by atoms with van der Waals surface area (Å²) in [4.78, 5) is 38.3. The number of carbonyl (C=O) groups is 3. The Morgan fingerprint density at radius 3 is 2.33 bits per heavy atom. The summed E-state index contributed by atoms with van der Waals surface area (Å²) in [7, 11) is 0. The number of nitriles is 1. The minimum Gasteiger partial charge on any atom is -0.480 e. The van der Waals surface area contributed by atoms with Gasteiger partial charge < -0.3 is 14.7 Å². The van der Waals surface area contributed by atoms with E-state index in [0.717, 1.165) is 5.56 Å². The van der Waals surface area contributed by atoms with Gasteiger partial charge in [0.25, 0.3) is 0 Å². The highest BCUT2D eigenvalue weighted by atomic mass is 16.6. The summed E-state index contributed by atoms with van der Waals surface area (Å²) in [6.07, 6.45) is 1.35. The lowest BCUT2D eigenvalue weighted by Crippen LogP contribution is -2.56. The Balaban J connectivity index is 1.52. The average Bonchev–Trinajstić information content (AvgIpc) is 2.65. The maximum Gasteiger partial charge on any atom is 0.410 e. The molecule has 2 aliphatic rings. The van der Waals surface area contributed by atoms with E-state index in [1.54, 1.807) is 29.2 Å². The lowest BCUT2D eigenvalue weighted by molar-refractivity contribution is -0.143. The van der Waals surface area contributed by atoms with Crippen LogP contribution in [0, 0.1) is 11.3 Å². The number of benzene rings is 1. The number of ether oxygens (including phenoxy) is 1. The van der Waals surface area contributed by atoms with Crippen molar-refractivity contribution in [1.82, 2.24) is 9.80 Å². The van der Waals surface area contributed by atoms with Gasteiger partial charge in [-0.3, -0.25) is 14.5 Å². The molecule has 0 atom stereocenters. The van der Waals surface area contributed by atoms with Crippen LogP contribution < -0.4 is 0 Å². The van der Waals surface area contributed by atoms with Crippen LogP contribution in [0.15, 0.2) is 24.3 Å². The number of carboxylic acids is 1. The zero-order valence-electron chi connectivity index (χ0n) is 14.9. The van der Waals surface area contributed by atoms with E-state index in [0.29, 0.717) is 44.5 Å². The monoisotopic (exact) mass is 371 g/mol. The Labute approximate surface area is 156 Å². The molecule has 0 bridgehead atoms. The fraction of sp³-hybridized carbons (Fsp3) is 0.474. The second kappa shape index (κ2) is 7.66. The fourth-order valence-corrected chi connectivity index (χ4v) is 3.54. The molecule has 1 aromatic carbocycles. The number of hydrogen-bond donors (Lipinski definition) is 1. The third-order valence-corrected chi connectivity index (χ3v) is 5.19. The molecule has 2 saturated heterocycles. The Hall–Kier alpha value is -3.08. The maximum atomic E-state index is 12.5. The van der Waals surface area contributed by atoms with Gasteiger partial charge in [0.2, 0.25) is 5.91 Å². The van der Waals surface area contributed by atoms with Gasteiger partial charge in [-0.1, -0.05) is 12.1 Å². The molecule has 1 spiro atoms. The molecule has 0 saturated carbocycles. The molecule has 8 nitrogen and oxygen atoms in total. The van der Waals surface area contributed by atoms with Crippen LogP contribution in [-0.4, -0.2) is 64.7 Å². The van der Waals surface area contributed by atoms with Crippen molar-refractivity contribution in [3.63, 3.8) is 0 Å². The highest BCUT2D eigenvalue weighted by molar-refractivity contribution is 5.79. The van der Waals surface area contributed by atoms with Gasteiger partial charge in [-0.05, 0) is 17.7 Å². The first kappa shape index (κ1) is 18.7. The molecule has 2 fully saturated rings. The molecule has 2 aliphatic heterocycles. The molecular weight excluding hydrogens is 350 g/mol. The molecule has 27 heavy (non-hydrogen) atoms. The van der Waals surface area contributed by atoms with Gasteiger partial charge in [0.1, 0.15) is 12.1 Å². The number of carboxylic acid groups (broad SMARTS) is 1. The van der Waals surface area contributed by atoms with E-state index in [1.165, 1.54) is 4.90 Å². The van der Waals surface area contributed by atoms with E-state index in [9.17, 15) is 14.4 Å². The highest BCUT2D eigenvalue weighted by Crippen LogP contribution is 2.34. The topological polar surface area (TPSA) is 111 Å². The molecule has 0 aromatic heterocycles. The first-order valence-corrected chi connectivity index (χ1v) is 8.87. The van der Waals surface area contributed by atoms with Gasteiger partial charge >= 0.3 is 12.1 Å². The van der Waals surface area contributed by atoms with Gasteiger partial charge in [-0.15, -0.1) is 0 Å². The van der Waals surface area contributed by atoms with E-state index in [1.807, 2.05) is 6.07 Å². The van der Waals surface area contributed by atoms with Crippen LogP contribution in [0.4, 0.5) is 4.79 Å². The van der Waals surface area contributed by atoms with E-state index in [4.69, 9.17) is 15.1 Å². The average molecular weight is 371 g/mol. The lowest BCUT2D eigenvalue weighted by Gasteiger charge is -2.45. The Kier molecular flexibility index (Phi) is 5.31. The molecule has 0 unspecified atom stereocenters. The molecule has 1 aromatic rings. The number of rotatable bonds is 4.